The Labute approximate surface area is 146 Å². The third-order valence-corrected chi connectivity index (χ3v) is 4.92. The highest BCUT2D eigenvalue weighted by molar-refractivity contribution is 5.79. The van der Waals surface area contributed by atoms with Gasteiger partial charge in [-0.05, 0) is 41.5 Å². The second kappa shape index (κ2) is 6.55. The van der Waals surface area contributed by atoms with Gasteiger partial charge in [0.2, 0.25) is 5.91 Å². The van der Waals surface area contributed by atoms with Crippen molar-refractivity contribution in [2.75, 3.05) is 6.54 Å². The average molecular weight is 332 g/mol. The molecule has 0 saturated heterocycles. The van der Waals surface area contributed by atoms with Gasteiger partial charge in [-0.15, -0.1) is 0 Å². The predicted octanol–water partition coefficient (Wildman–Crippen LogP) is 3.05. The summed E-state index contributed by atoms with van der Waals surface area (Å²) in [6.45, 7) is 1.42. The number of rotatable bonds is 3. The van der Waals surface area contributed by atoms with Gasteiger partial charge in [0.15, 0.2) is 0 Å². The number of hydrogen-bond donors (Lipinski definition) is 1. The quantitative estimate of drug-likeness (QED) is 0.801. The highest BCUT2D eigenvalue weighted by Gasteiger charge is 2.20. The molecule has 4 heteroatoms. The van der Waals surface area contributed by atoms with Crippen LogP contribution in [0.2, 0.25) is 0 Å². The lowest BCUT2D eigenvalue weighted by atomic mass is 9.99. The molecule has 0 unspecified atom stereocenters. The van der Waals surface area contributed by atoms with E-state index < -0.39 is 0 Å². The van der Waals surface area contributed by atoms with Crippen LogP contribution in [0.5, 0.6) is 0 Å². The van der Waals surface area contributed by atoms with Crippen LogP contribution in [0.15, 0.2) is 59.4 Å². The molecule has 0 aliphatic carbocycles. The van der Waals surface area contributed by atoms with Crippen molar-refractivity contribution in [1.82, 2.24) is 9.88 Å². The number of carbonyl (C=O) groups excluding carboxylic acids is 1. The van der Waals surface area contributed by atoms with Crippen LogP contribution >= 0.6 is 0 Å². The van der Waals surface area contributed by atoms with Gasteiger partial charge in [-0.1, -0.05) is 42.5 Å². The number of fused-ring (bicyclic) bond motifs is 2. The lowest BCUT2D eigenvalue weighted by Crippen LogP contribution is -2.36. The van der Waals surface area contributed by atoms with Crippen LogP contribution in [0.25, 0.3) is 10.9 Å². The van der Waals surface area contributed by atoms with E-state index in [0.29, 0.717) is 24.9 Å². The monoisotopic (exact) mass is 332 g/mol. The lowest BCUT2D eigenvalue weighted by Gasteiger charge is -2.29. The molecule has 0 atom stereocenters. The molecular formula is C21H20N2O2. The Bertz CT molecular complexity index is 990. The Morgan fingerprint density at radius 3 is 2.68 bits per heavy atom. The van der Waals surface area contributed by atoms with Crippen LogP contribution in [0, 0.1) is 0 Å². The molecule has 2 heterocycles. The zero-order valence-corrected chi connectivity index (χ0v) is 14.0. The van der Waals surface area contributed by atoms with Gasteiger partial charge in [0.1, 0.15) is 0 Å². The molecule has 126 valence electrons. The van der Waals surface area contributed by atoms with Gasteiger partial charge in [-0.2, -0.15) is 0 Å². The molecule has 1 aliphatic heterocycles. The second-order valence-electron chi connectivity index (χ2n) is 6.54. The minimum absolute atomic E-state index is 0.101. The number of benzene rings is 2. The van der Waals surface area contributed by atoms with Crippen LogP contribution in [0.1, 0.15) is 23.1 Å². The molecule has 25 heavy (non-hydrogen) atoms. The molecule has 4 nitrogen and oxygen atoms in total. The van der Waals surface area contributed by atoms with Gasteiger partial charge in [-0.25, -0.2) is 0 Å². The summed E-state index contributed by atoms with van der Waals surface area (Å²) in [7, 11) is 0. The fourth-order valence-electron chi connectivity index (χ4n) is 3.49. The van der Waals surface area contributed by atoms with Gasteiger partial charge >= 0.3 is 0 Å². The van der Waals surface area contributed by atoms with E-state index >= 15 is 0 Å². The summed E-state index contributed by atoms with van der Waals surface area (Å²) in [5.41, 5.74) is 3.96. The molecule has 0 bridgehead atoms. The largest absolute Gasteiger partial charge is 0.338 e. The summed E-state index contributed by atoms with van der Waals surface area (Å²) in [6, 6.07) is 17.9. The number of hydrogen-bond acceptors (Lipinski definition) is 2. The third-order valence-electron chi connectivity index (χ3n) is 4.92. The van der Waals surface area contributed by atoms with E-state index in [9.17, 15) is 9.59 Å². The number of aromatic nitrogens is 1. The van der Waals surface area contributed by atoms with Crippen molar-refractivity contribution < 1.29 is 4.79 Å². The molecule has 1 aliphatic rings. The van der Waals surface area contributed by atoms with Gasteiger partial charge in [0, 0.05) is 30.6 Å². The summed E-state index contributed by atoms with van der Waals surface area (Å²) in [5, 5.41) is 0.997. The molecule has 0 radical (unpaired) electrons. The Morgan fingerprint density at radius 1 is 1.04 bits per heavy atom. The second-order valence-corrected chi connectivity index (χ2v) is 6.54. The van der Waals surface area contributed by atoms with Crippen LogP contribution in [-0.2, 0) is 24.2 Å². The fraction of sp³-hybridized carbons (Fsp3) is 0.238. The Hall–Kier alpha value is -2.88. The number of carbonyl (C=O) groups is 1. The Morgan fingerprint density at radius 2 is 1.80 bits per heavy atom. The Kier molecular flexibility index (Phi) is 4.10. The number of para-hydroxylation sites is 1. The minimum Gasteiger partial charge on any atom is -0.338 e. The van der Waals surface area contributed by atoms with Crippen molar-refractivity contribution in [2.24, 2.45) is 0 Å². The number of nitrogens with one attached hydrogen (secondary N) is 1. The van der Waals surface area contributed by atoms with Crippen LogP contribution in [0.4, 0.5) is 0 Å². The lowest BCUT2D eigenvalue weighted by molar-refractivity contribution is -0.132. The van der Waals surface area contributed by atoms with E-state index in [1.165, 1.54) is 11.1 Å². The maximum absolute atomic E-state index is 12.6. The van der Waals surface area contributed by atoms with Crippen molar-refractivity contribution in [1.29, 1.82) is 0 Å². The van der Waals surface area contributed by atoms with E-state index in [0.717, 1.165) is 23.9 Å². The molecular weight excluding hydrogens is 312 g/mol. The smallest absolute Gasteiger partial charge is 0.251 e. The number of aromatic amines is 1. The fourth-order valence-corrected chi connectivity index (χ4v) is 3.49. The van der Waals surface area contributed by atoms with Gasteiger partial charge in [-0.3, -0.25) is 9.59 Å². The molecule has 0 fully saturated rings. The van der Waals surface area contributed by atoms with Crippen molar-refractivity contribution in [3.63, 3.8) is 0 Å². The molecule has 1 amide bonds. The number of nitrogens with zero attached hydrogens (tertiary/aromatic N) is 1. The van der Waals surface area contributed by atoms with Crippen LogP contribution < -0.4 is 5.56 Å². The molecule has 1 N–H and O–H groups in total. The first-order valence-corrected chi connectivity index (χ1v) is 8.66. The normalized spacial score (nSPS) is 13.7. The van der Waals surface area contributed by atoms with E-state index in [2.05, 4.69) is 17.1 Å². The summed E-state index contributed by atoms with van der Waals surface area (Å²) in [6.07, 6.45) is 1.74. The summed E-state index contributed by atoms with van der Waals surface area (Å²) >= 11 is 0. The predicted molar refractivity (Wildman–Crippen MR) is 98.5 cm³/mol. The number of pyridine rings is 1. The summed E-state index contributed by atoms with van der Waals surface area (Å²) in [4.78, 5) is 29.6. The first-order chi connectivity index (χ1) is 12.2. The minimum atomic E-state index is -0.101. The number of aryl methyl sites for hydroxylation is 1. The first-order valence-electron chi connectivity index (χ1n) is 8.66. The zero-order valence-electron chi connectivity index (χ0n) is 14.0. The molecule has 4 rings (SSSR count). The van der Waals surface area contributed by atoms with Crippen molar-refractivity contribution >= 4 is 16.8 Å². The first kappa shape index (κ1) is 15.6. The average Bonchev–Trinajstić information content (AvgIpc) is 2.65. The summed E-state index contributed by atoms with van der Waals surface area (Å²) in [5.74, 6) is 0.113. The standard InChI is InChI=1S/C21H20N2O2/c24-20(23-12-11-15-5-1-2-7-18(15)14-23)10-9-17-13-16-6-3-4-8-19(16)22-21(17)25/h1-8,13H,9-12,14H2,(H,22,25). The molecule has 2 aromatic carbocycles. The number of amides is 1. The molecule has 3 aromatic rings. The van der Waals surface area contributed by atoms with Crippen molar-refractivity contribution in [3.8, 4) is 0 Å². The van der Waals surface area contributed by atoms with E-state index in [1.54, 1.807) is 0 Å². The zero-order chi connectivity index (χ0) is 17.2. The summed E-state index contributed by atoms with van der Waals surface area (Å²) < 4.78 is 0. The maximum atomic E-state index is 12.6. The SMILES string of the molecule is O=C(CCc1cc2ccccc2[nH]c1=O)N1CCc2ccccc2C1. The van der Waals surface area contributed by atoms with E-state index in [1.807, 2.05) is 47.4 Å². The molecule has 1 aromatic heterocycles. The van der Waals surface area contributed by atoms with E-state index in [4.69, 9.17) is 0 Å². The molecule has 0 spiro atoms. The van der Waals surface area contributed by atoms with Gasteiger partial charge in [0.25, 0.3) is 5.56 Å². The van der Waals surface area contributed by atoms with Crippen LogP contribution in [-0.4, -0.2) is 22.3 Å². The van der Waals surface area contributed by atoms with Crippen LogP contribution in [0.3, 0.4) is 0 Å². The Balaban J connectivity index is 1.46. The third kappa shape index (κ3) is 3.20. The highest BCUT2D eigenvalue weighted by Crippen LogP contribution is 2.19. The highest BCUT2D eigenvalue weighted by atomic mass is 16.2. The van der Waals surface area contributed by atoms with Crippen molar-refractivity contribution in [3.05, 3.63) is 81.6 Å². The topological polar surface area (TPSA) is 53.2 Å². The number of H-pyrrole nitrogens is 1. The molecule has 0 saturated carbocycles. The van der Waals surface area contributed by atoms with E-state index in [-0.39, 0.29) is 11.5 Å². The van der Waals surface area contributed by atoms with Gasteiger partial charge in [0.05, 0.1) is 0 Å². The van der Waals surface area contributed by atoms with Gasteiger partial charge < -0.3 is 9.88 Å². The maximum Gasteiger partial charge on any atom is 0.251 e. The van der Waals surface area contributed by atoms with Crippen molar-refractivity contribution in [2.45, 2.75) is 25.8 Å².